The van der Waals surface area contributed by atoms with E-state index < -0.39 is 0 Å². The smallest absolute Gasteiger partial charge is 0.248 e. The molecule has 5 nitrogen and oxygen atoms in total. The van der Waals surface area contributed by atoms with Crippen LogP contribution in [0.1, 0.15) is 83.5 Å². The predicted octanol–water partition coefficient (Wildman–Crippen LogP) is 3.99. The maximum atomic E-state index is 12.8. The molecule has 4 fully saturated rings. The lowest BCUT2D eigenvalue weighted by atomic mass is 9.63. The molecule has 3 aliphatic carbocycles. The van der Waals surface area contributed by atoms with Gasteiger partial charge in [0, 0.05) is 25.6 Å². The maximum absolute atomic E-state index is 12.8. The van der Waals surface area contributed by atoms with Crippen molar-refractivity contribution in [1.82, 2.24) is 10.2 Å². The summed E-state index contributed by atoms with van der Waals surface area (Å²) >= 11 is 0. The van der Waals surface area contributed by atoms with Crippen LogP contribution >= 0.6 is 0 Å². The van der Waals surface area contributed by atoms with Gasteiger partial charge in [0.2, 0.25) is 5.91 Å². The van der Waals surface area contributed by atoms with Gasteiger partial charge in [-0.15, -0.1) is 0 Å². The van der Waals surface area contributed by atoms with E-state index in [2.05, 4.69) is 12.4 Å². The second-order valence-electron chi connectivity index (χ2n) is 11.1. The van der Waals surface area contributed by atoms with Crippen LogP contribution in [0.15, 0.2) is 0 Å². The zero-order valence-electron chi connectivity index (χ0n) is 19.8. The van der Waals surface area contributed by atoms with Crippen LogP contribution in [-0.4, -0.2) is 61.4 Å². The molecule has 178 valence electrons. The van der Waals surface area contributed by atoms with E-state index in [1.165, 1.54) is 77.0 Å². The topological polar surface area (TPSA) is 61.8 Å². The Kier molecular flexibility index (Phi) is 8.70. The van der Waals surface area contributed by atoms with Crippen molar-refractivity contribution in [2.24, 2.45) is 29.6 Å². The first-order chi connectivity index (χ1) is 15.2. The molecule has 3 unspecified atom stereocenters. The summed E-state index contributed by atoms with van der Waals surface area (Å²) in [5, 5.41) is 13.3. The first-order valence-corrected chi connectivity index (χ1v) is 13.4. The van der Waals surface area contributed by atoms with Crippen molar-refractivity contribution in [3.8, 4) is 0 Å². The molecule has 1 saturated heterocycles. The van der Waals surface area contributed by atoms with Gasteiger partial charge in [0.1, 0.15) is 6.61 Å². The van der Waals surface area contributed by atoms with E-state index in [1.807, 2.05) is 0 Å². The molecule has 0 aromatic carbocycles. The number of aliphatic hydroxyl groups excluding tert-OH is 1. The fourth-order valence-electron chi connectivity index (χ4n) is 7.38. The maximum Gasteiger partial charge on any atom is 0.248 e. The number of hydrogen-bond acceptors (Lipinski definition) is 4. The Bertz CT molecular complexity index is 565. The van der Waals surface area contributed by atoms with E-state index >= 15 is 0 Å². The lowest BCUT2D eigenvalue weighted by Crippen LogP contribution is -2.46. The van der Waals surface area contributed by atoms with Crippen LogP contribution in [0, 0.1) is 29.6 Å². The van der Waals surface area contributed by atoms with Crippen LogP contribution in [0.4, 0.5) is 0 Å². The number of rotatable bonds is 8. The van der Waals surface area contributed by atoms with E-state index in [9.17, 15) is 9.90 Å². The predicted molar refractivity (Wildman–Crippen MR) is 124 cm³/mol. The fraction of sp³-hybridized carbons (Fsp3) is 0.962. The van der Waals surface area contributed by atoms with Gasteiger partial charge in [-0.1, -0.05) is 44.9 Å². The van der Waals surface area contributed by atoms with Crippen molar-refractivity contribution in [3.05, 3.63) is 0 Å². The molecule has 4 rings (SSSR count). The van der Waals surface area contributed by atoms with Gasteiger partial charge >= 0.3 is 0 Å². The number of β-amino-alcohol motifs (C(OH)–C–C–N with tert-alkyl or cyclic N) is 1. The molecule has 2 N–H and O–H groups in total. The summed E-state index contributed by atoms with van der Waals surface area (Å²) in [5.41, 5.74) is 0. The van der Waals surface area contributed by atoms with E-state index in [0.29, 0.717) is 31.3 Å². The van der Waals surface area contributed by atoms with E-state index in [1.54, 1.807) is 4.90 Å². The number of carbonyl (C=O) groups excluding carboxylic acids is 1. The van der Waals surface area contributed by atoms with Gasteiger partial charge in [0.05, 0.1) is 12.2 Å². The largest absolute Gasteiger partial charge is 0.391 e. The summed E-state index contributed by atoms with van der Waals surface area (Å²) in [6.07, 6.45) is 16.8. The van der Waals surface area contributed by atoms with Gasteiger partial charge < -0.3 is 20.1 Å². The van der Waals surface area contributed by atoms with Crippen molar-refractivity contribution < 1.29 is 14.6 Å². The lowest BCUT2D eigenvalue weighted by Gasteiger charge is -2.45. The number of amides is 1. The average Bonchev–Trinajstić information content (AvgIpc) is 3.25. The summed E-state index contributed by atoms with van der Waals surface area (Å²) in [6.45, 7) is 2.33. The summed E-state index contributed by atoms with van der Waals surface area (Å²) in [7, 11) is 2.08. The molecule has 0 aromatic rings. The number of fused-ring (bicyclic) bond motifs is 1. The van der Waals surface area contributed by atoms with E-state index in [0.717, 1.165) is 24.3 Å². The second-order valence-corrected chi connectivity index (χ2v) is 11.1. The standard InChI is InChI=1S/C26H46N2O3/c1-27-16-24(22-12-11-19-7-5-6-10-21(19)15-22)26(20-8-3-2-4-9-20)31-18-25(30)28-14-13-23(29)17-28/h19-24,26-27,29H,2-18H2,1H3/t19?,21?,22?,23-,24-,26-/m1/s1. The van der Waals surface area contributed by atoms with Crippen molar-refractivity contribution in [3.63, 3.8) is 0 Å². The van der Waals surface area contributed by atoms with Crippen LogP contribution in [0.25, 0.3) is 0 Å². The van der Waals surface area contributed by atoms with Crippen molar-refractivity contribution in [1.29, 1.82) is 0 Å². The Hall–Kier alpha value is -0.650. The minimum absolute atomic E-state index is 0.0663. The lowest BCUT2D eigenvalue weighted by molar-refractivity contribution is -0.142. The average molecular weight is 435 g/mol. The number of likely N-dealkylation sites (tertiary alicyclic amines) is 1. The molecule has 4 aliphatic rings. The van der Waals surface area contributed by atoms with E-state index in [-0.39, 0.29) is 24.7 Å². The summed E-state index contributed by atoms with van der Waals surface area (Å²) < 4.78 is 6.58. The molecule has 0 spiro atoms. The first-order valence-electron chi connectivity index (χ1n) is 13.4. The quantitative estimate of drug-likeness (QED) is 0.606. The summed E-state index contributed by atoms with van der Waals surface area (Å²) in [6, 6.07) is 0. The Labute approximate surface area is 189 Å². The minimum atomic E-state index is -0.360. The third-order valence-corrected chi connectivity index (χ3v) is 9.08. The van der Waals surface area contributed by atoms with Gasteiger partial charge in [-0.2, -0.15) is 0 Å². The highest BCUT2D eigenvalue weighted by Gasteiger charge is 2.41. The molecule has 3 saturated carbocycles. The molecule has 1 amide bonds. The van der Waals surface area contributed by atoms with Gasteiger partial charge in [-0.25, -0.2) is 0 Å². The number of hydrogen-bond donors (Lipinski definition) is 2. The summed E-state index contributed by atoms with van der Waals surface area (Å²) in [5.74, 6) is 3.78. The molecule has 31 heavy (non-hydrogen) atoms. The zero-order valence-corrected chi connectivity index (χ0v) is 19.8. The molecule has 0 bridgehead atoms. The monoisotopic (exact) mass is 434 g/mol. The Morgan fingerprint density at radius 2 is 1.71 bits per heavy atom. The van der Waals surface area contributed by atoms with Crippen molar-refractivity contribution in [2.45, 2.75) is 95.7 Å². The van der Waals surface area contributed by atoms with Crippen molar-refractivity contribution >= 4 is 5.91 Å². The number of ether oxygens (including phenoxy) is 1. The highest BCUT2D eigenvalue weighted by molar-refractivity contribution is 5.77. The Morgan fingerprint density at radius 1 is 0.968 bits per heavy atom. The number of nitrogens with zero attached hydrogens (tertiary/aromatic N) is 1. The van der Waals surface area contributed by atoms with Gasteiger partial charge in [-0.3, -0.25) is 4.79 Å². The van der Waals surface area contributed by atoms with E-state index in [4.69, 9.17) is 4.74 Å². The third-order valence-electron chi connectivity index (χ3n) is 9.08. The second kappa shape index (κ2) is 11.5. The number of carbonyl (C=O) groups is 1. The highest BCUT2D eigenvalue weighted by atomic mass is 16.5. The molecule has 6 atom stereocenters. The van der Waals surface area contributed by atoms with Crippen LogP contribution in [0.3, 0.4) is 0 Å². The zero-order chi connectivity index (χ0) is 21.6. The first kappa shape index (κ1) is 23.5. The molecule has 0 radical (unpaired) electrons. The van der Waals surface area contributed by atoms with Gasteiger partial charge in [0.25, 0.3) is 0 Å². The summed E-state index contributed by atoms with van der Waals surface area (Å²) in [4.78, 5) is 14.6. The molecular formula is C26H46N2O3. The number of nitrogens with one attached hydrogen (secondary N) is 1. The van der Waals surface area contributed by atoms with Crippen LogP contribution < -0.4 is 5.32 Å². The Morgan fingerprint density at radius 3 is 2.42 bits per heavy atom. The van der Waals surface area contributed by atoms with Crippen LogP contribution in [0.5, 0.6) is 0 Å². The minimum Gasteiger partial charge on any atom is -0.391 e. The molecule has 1 aliphatic heterocycles. The number of aliphatic hydroxyl groups is 1. The third kappa shape index (κ3) is 6.03. The van der Waals surface area contributed by atoms with Gasteiger partial charge in [0.15, 0.2) is 0 Å². The fourth-order valence-corrected chi connectivity index (χ4v) is 7.38. The van der Waals surface area contributed by atoms with Crippen LogP contribution in [0.2, 0.25) is 0 Å². The SMILES string of the molecule is CNC[C@H](C1CCC2CCCCC2C1)[C@H](OCC(=O)N1CC[C@@H](O)C1)C1CCCCC1. The molecular weight excluding hydrogens is 388 g/mol. The Balaban J connectivity index is 1.43. The highest BCUT2D eigenvalue weighted by Crippen LogP contribution is 2.47. The van der Waals surface area contributed by atoms with Crippen molar-refractivity contribution in [2.75, 3.05) is 33.3 Å². The normalized spacial score (nSPS) is 34.3. The van der Waals surface area contributed by atoms with Gasteiger partial charge in [-0.05, 0) is 69.2 Å². The molecule has 1 heterocycles. The molecule has 0 aromatic heterocycles. The molecule has 5 heteroatoms. The van der Waals surface area contributed by atoms with Crippen LogP contribution in [-0.2, 0) is 9.53 Å².